The van der Waals surface area contributed by atoms with Gasteiger partial charge in [0.05, 0.1) is 0 Å². The van der Waals surface area contributed by atoms with Crippen molar-refractivity contribution in [1.82, 2.24) is 4.90 Å². The molecule has 0 unspecified atom stereocenters. The maximum atomic E-state index is 6.70. The van der Waals surface area contributed by atoms with Crippen LogP contribution in [-0.4, -0.2) is 23.5 Å². The van der Waals surface area contributed by atoms with Gasteiger partial charge in [0.25, 0.3) is 0 Å². The molecule has 0 aliphatic heterocycles. The summed E-state index contributed by atoms with van der Waals surface area (Å²) in [6.07, 6.45) is 25.7. The lowest BCUT2D eigenvalue weighted by molar-refractivity contribution is 0.0941. The summed E-state index contributed by atoms with van der Waals surface area (Å²) in [6, 6.07) is 8.42. The topological polar surface area (TPSA) is 3.24 Å². The van der Waals surface area contributed by atoms with E-state index in [1.165, 1.54) is 107 Å². The molecule has 3 saturated carbocycles. The molecule has 4 rings (SSSR count). The number of rotatable bonds is 6. The van der Waals surface area contributed by atoms with Crippen molar-refractivity contribution in [1.29, 1.82) is 0 Å². The Kier molecular flexibility index (Phi) is 8.14. The molecule has 1 aromatic rings. The average Bonchev–Trinajstić information content (AvgIpc) is 2.79. The second-order valence-electron chi connectivity index (χ2n) is 9.80. The lowest BCUT2D eigenvalue weighted by Gasteiger charge is -2.41. The van der Waals surface area contributed by atoms with E-state index in [1.807, 2.05) is 0 Å². The molecule has 29 heavy (non-hydrogen) atoms. The second kappa shape index (κ2) is 11.0. The summed E-state index contributed by atoms with van der Waals surface area (Å²) in [5, 5.41) is 0.982. The molecule has 0 spiro atoms. The van der Waals surface area contributed by atoms with E-state index >= 15 is 0 Å². The van der Waals surface area contributed by atoms with Gasteiger partial charge in [-0.3, -0.25) is 4.90 Å². The van der Waals surface area contributed by atoms with E-state index in [2.05, 4.69) is 35.3 Å². The van der Waals surface area contributed by atoms with Crippen LogP contribution in [0.4, 0.5) is 0 Å². The van der Waals surface area contributed by atoms with Gasteiger partial charge in [-0.1, -0.05) is 93.7 Å². The van der Waals surface area contributed by atoms with Gasteiger partial charge in [0, 0.05) is 23.7 Å². The quantitative estimate of drug-likeness (QED) is 0.452. The maximum absolute atomic E-state index is 6.70. The predicted molar refractivity (Wildman–Crippen MR) is 127 cm³/mol. The van der Waals surface area contributed by atoms with E-state index in [0.29, 0.717) is 5.92 Å². The largest absolute Gasteiger partial charge is 0.294 e. The molecule has 0 radical (unpaired) electrons. The Labute approximate surface area is 183 Å². The summed E-state index contributed by atoms with van der Waals surface area (Å²) in [6.45, 7) is 1.11. The number of hydrogen-bond acceptors (Lipinski definition) is 1. The molecule has 0 N–H and O–H groups in total. The third-order valence-corrected chi connectivity index (χ3v) is 8.11. The lowest BCUT2D eigenvalue weighted by Crippen LogP contribution is -2.45. The van der Waals surface area contributed by atoms with Crippen LogP contribution < -0.4 is 0 Å². The molecule has 160 valence electrons. The second-order valence-corrected chi connectivity index (χ2v) is 10.2. The van der Waals surface area contributed by atoms with E-state index in [1.54, 1.807) is 0 Å². The Balaban J connectivity index is 1.40. The summed E-state index contributed by atoms with van der Waals surface area (Å²) in [4.78, 5) is 2.87. The SMILES string of the molecule is Clc1cc(/C=C/CN(C2CCCCC2)C2CCCCC2)ccc1C1CCCCC1. The van der Waals surface area contributed by atoms with Crippen molar-refractivity contribution in [3.63, 3.8) is 0 Å². The Morgan fingerprint density at radius 1 is 0.759 bits per heavy atom. The minimum atomic E-state index is 0.683. The first-order valence-corrected chi connectivity index (χ1v) is 12.9. The van der Waals surface area contributed by atoms with E-state index < -0.39 is 0 Å². The monoisotopic (exact) mass is 413 g/mol. The van der Waals surface area contributed by atoms with Gasteiger partial charge in [0.1, 0.15) is 0 Å². The van der Waals surface area contributed by atoms with Crippen LogP contribution in [0.3, 0.4) is 0 Å². The van der Waals surface area contributed by atoms with E-state index in [0.717, 1.165) is 23.7 Å². The molecule has 0 bridgehead atoms. The smallest absolute Gasteiger partial charge is 0.0446 e. The van der Waals surface area contributed by atoms with Gasteiger partial charge in [0.15, 0.2) is 0 Å². The molecule has 0 amide bonds. The zero-order chi connectivity index (χ0) is 19.9. The highest BCUT2D eigenvalue weighted by molar-refractivity contribution is 6.31. The van der Waals surface area contributed by atoms with E-state index in [-0.39, 0.29) is 0 Å². The predicted octanol–water partition coefficient (Wildman–Crippen LogP) is 8.37. The highest BCUT2D eigenvalue weighted by Crippen LogP contribution is 2.37. The molecule has 0 aromatic heterocycles. The molecule has 3 aliphatic rings. The van der Waals surface area contributed by atoms with E-state index in [9.17, 15) is 0 Å². The van der Waals surface area contributed by atoms with Gasteiger partial charge in [0.2, 0.25) is 0 Å². The molecule has 3 aliphatic carbocycles. The van der Waals surface area contributed by atoms with Gasteiger partial charge >= 0.3 is 0 Å². The van der Waals surface area contributed by atoms with Gasteiger partial charge < -0.3 is 0 Å². The highest BCUT2D eigenvalue weighted by Gasteiger charge is 2.27. The first-order valence-electron chi connectivity index (χ1n) is 12.5. The van der Waals surface area contributed by atoms with Crippen molar-refractivity contribution in [2.75, 3.05) is 6.54 Å². The van der Waals surface area contributed by atoms with Crippen molar-refractivity contribution in [2.45, 2.75) is 114 Å². The molecule has 2 heteroatoms. The summed E-state index contributed by atoms with van der Waals surface area (Å²) >= 11 is 6.70. The summed E-state index contributed by atoms with van der Waals surface area (Å²) < 4.78 is 0. The maximum Gasteiger partial charge on any atom is 0.0446 e. The minimum absolute atomic E-state index is 0.683. The molecular formula is C27H40ClN. The molecule has 3 fully saturated rings. The van der Waals surface area contributed by atoms with Crippen molar-refractivity contribution in [2.24, 2.45) is 0 Å². The summed E-state index contributed by atoms with van der Waals surface area (Å²) in [5.41, 5.74) is 2.65. The van der Waals surface area contributed by atoms with Gasteiger partial charge in [-0.25, -0.2) is 0 Å². The van der Waals surface area contributed by atoms with Crippen LogP contribution in [0, 0.1) is 0 Å². The minimum Gasteiger partial charge on any atom is -0.294 e. The summed E-state index contributed by atoms with van der Waals surface area (Å²) in [7, 11) is 0. The first kappa shape index (κ1) is 21.4. The zero-order valence-corrected chi connectivity index (χ0v) is 19.0. The molecule has 0 saturated heterocycles. The van der Waals surface area contributed by atoms with Crippen molar-refractivity contribution in [3.8, 4) is 0 Å². The Bertz CT molecular complexity index is 631. The highest BCUT2D eigenvalue weighted by atomic mass is 35.5. The molecule has 1 nitrogen and oxygen atoms in total. The fourth-order valence-electron chi connectivity index (χ4n) is 6.12. The van der Waals surface area contributed by atoms with Crippen LogP contribution in [0.5, 0.6) is 0 Å². The molecular weight excluding hydrogens is 374 g/mol. The Morgan fingerprint density at radius 3 is 1.86 bits per heavy atom. The van der Waals surface area contributed by atoms with Gasteiger partial charge in [-0.2, -0.15) is 0 Å². The average molecular weight is 414 g/mol. The Hall–Kier alpha value is -0.790. The van der Waals surface area contributed by atoms with Gasteiger partial charge in [-0.15, -0.1) is 0 Å². The molecule has 1 aromatic carbocycles. The summed E-state index contributed by atoms with van der Waals surface area (Å²) in [5.74, 6) is 0.683. The fraction of sp³-hybridized carbons (Fsp3) is 0.704. The van der Waals surface area contributed by atoms with Crippen LogP contribution in [-0.2, 0) is 0 Å². The van der Waals surface area contributed by atoms with Crippen molar-refractivity contribution >= 4 is 17.7 Å². The number of hydrogen-bond donors (Lipinski definition) is 0. The number of nitrogens with zero attached hydrogens (tertiary/aromatic N) is 1. The molecule has 0 atom stereocenters. The van der Waals surface area contributed by atoms with Crippen LogP contribution in [0.15, 0.2) is 24.3 Å². The number of halogens is 1. The third-order valence-electron chi connectivity index (χ3n) is 7.78. The van der Waals surface area contributed by atoms with E-state index in [4.69, 9.17) is 11.6 Å². The third kappa shape index (κ3) is 5.88. The van der Waals surface area contributed by atoms with Crippen LogP contribution >= 0.6 is 11.6 Å². The zero-order valence-electron chi connectivity index (χ0n) is 18.3. The number of benzene rings is 1. The Morgan fingerprint density at radius 2 is 1.31 bits per heavy atom. The fourth-order valence-corrected chi connectivity index (χ4v) is 6.47. The first-order chi connectivity index (χ1) is 14.3. The molecule has 0 heterocycles. The van der Waals surface area contributed by atoms with Crippen LogP contribution in [0.25, 0.3) is 6.08 Å². The van der Waals surface area contributed by atoms with Gasteiger partial charge in [-0.05, 0) is 61.6 Å². The van der Waals surface area contributed by atoms with Crippen LogP contribution in [0.1, 0.15) is 113 Å². The standard InChI is InChI=1S/C27H40ClN/c28-27-21-22(18-19-26(27)23-12-4-1-5-13-23)11-10-20-29(24-14-6-2-7-15-24)25-16-8-3-9-17-25/h10-11,18-19,21,23-25H,1-9,12-17,20H2/b11-10+. The van der Waals surface area contributed by atoms with Crippen molar-refractivity contribution in [3.05, 3.63) is 40.4 Å². The normalized spacial score (nSPS) is 23.2. The van der Waals surface area contributed by atoms with Crippen LogP contribution in [0.2, 0.25) is 5.02 Å². The lowest BCUT2D eigenvalue weighted by atomic mass is 9.84. The van der Waals surface area contributed by atoms with Crippen molar-refractivity contribution < 1.29 is 0 Å².